The van der Waals surface area contributed by atoms with Gasteiger partial charge < -0.3 is 20.1 Å². The second kappa shape index (κ2) is 11.8. The van der Waals surface area contributed by atoms with Crippen molar-refractivity contribution in [2.45, 2.75) is 47.0 Å². The first-order chi connectivity index (χ1) is 15.0. The monoisotopic (exact) mass is 422 g/mol. The molecule has 6 heteroatoms. The van der Waals surface area contributed by atoms with E-state index in [1.807, 2.05) is 44.2 Å². The summed E-state index contributed by atoms with van der Waals surface area (Å²) in [6, 6.07) is 9.93. The van der Waals surface area contributed by atoms with Crippen LogP contribution in [0.3, 0.4) is 0 Å². The molecule has 0 aliphatic heterocycles. The molecule has 6 nitrogen and oxygen atoms in total. The van der Waals surface area contributed by atoms with Crippen molar-refractivity contribution < 1.29 is 20.1 Å². The third-order valence-corrected chi connectivity index (χ3v) is 4.89. The van der Waals surface area contributed by atoms with Gasteiger partial charge >= 0.3 is 0 Å². The van der Waals surface area contributed by atoms with E-state index in [2.05, 4.69) is 16.5 Å². The second-order valence-electron chi connectivity index (χ2n) is 6.96. The fourth-order valence-electron chi connectivity index (χ4n) is 3.12. The van der Waals surface area contributed by atoms with E-state index in [9.17, 15) is 10.2 Å². The first kappa shape index (κ1) is 24.1. The lowest BCUT2D eigenvalue weighted by atomic mass is 10.1. The smallest absolute Gasteiger partial charge is 0.148 e. The Labute approximate surface area is 183 Å². The predicted molar refractivity (Wildman–Crippen MR) is 122 cm³/mol. The molecule has 0 atom stereocenters. The Bertz CT molecular complexity index is 1000. The van der Waals surface area contributed by atoms with Gasteiger partial charge in [0.25, 0.3) is 0 Å². The lowest BCUT2D eigenvalue weighted by molar-refractivity contribution is 0.276. The summed E-state index contributed by atoms with van der Waals surface area (Å²) < 4.78 is 5.84. The number of nitrogens with zero attached hydrogens (tertiary/aromatic N) is 2. The molecule has 0 radical (unpaired) electrons. The highest BCUT2D eigenvalue weighted by molar-refractivity contribution is 5.60. The number of hydrogen-bond acceptors (Lipinski definition) is 6. The lowest BCUT2D eigenvalue weighted by Gasteiger charge is -2.14. The molecule has 0 unspecified atom stereocenters. The third kappa shape index (κ3) is 6.13. The van der Waals surface area contributed by atoms with Crippen LogP contribution in [-0.4, -0.2) is 25.3 Å². The molecular formula is C25H30N2O4. The van der Waals surface area contributed by atoms with Crippen molar-refractivity contribution in [3.8, 4) is 11.5 Å². The Kier molecular flexibility index (Phi) is 9.18. The van der Waals surface area contributed by atoms with Crippen LogP contribution in [0.15, 0.2) is 49.3 Å². The molecule has 2 aromatic heterocycles. The maximum absolute atomic E-state index is 9.54. The summed E-state index contributed by atoms with van der Waals surface area (Å²) in [5, 5.41) is 27.8. The zero-order valence-electron chi connectivity index (χ0n) is 18.3. The van der Waals surface area contributed by atoms with Crippen molar-refractivity contribution in [1.82, 2.24) is 9.97 Å². The molecule has 0 bridgehead atoms. The van der Waals surface area contributed by atoms with Gasteiger partial charge in [-0.1, -0.05) is 49.9 Å². The number of rotatable bonds is 7. The Morgan fingerprint density at radius 1 is 0.968 bits per heavy atom. The molecule has 0 fully saturated rings. The summed E-state index contributed by atoms with van der Waals surface area (Å²) in [6.07, 6.45) is 5.67. The van der Waals surface area contributed by atoms with Gasteiger partial charge in [0.2, 0.25) is 0 Å². The highest BCUT2D eigenvalue weighted by Gasteiger charge is 2.11. The summed E-state index contributed by atoms with van der Waals surface area (Å²) >= 11 is 0. The molecule has 2 heterocycles. The Hall–Kier alpha value is -3.22. The molecule has 0 spiro atoms. The first-order valence-corrected chi connectivity index (χ1v) is 10.1. The van der Waals surface area contributed by atoms with Gasteiger partial charge in [0.1, 0.15) is 18.1 Å². The molecule has 3 aromatic rings. The van der Waals surface area contributed by atoms with Gasteiger partial charge in [-0.3, -0.25) is 9.97 Å². The number of aliphatic hydroxyl groups is 2. The van der Waals surface area contributed by atoms with Gasteiger partial charge in [-0.2, -0.15) is 0 Å². The van der Waals surface area contributed by atoms with Crippen LogP contribution < -0.4 is 4.74 Å². The molecule has 31 heavy (non-hydrogen) atoms. The minimum Gasteiger partial charge on any atom is -0.506 e. The van der Waals surface area contributed by atoms with E-state index in [0.29, 0.717) is 30.0 Å². The van der Waals surface area contributed by atoms with E-state index in [1.165, 1.54) is 0 Å². The quantitative estimate of drug-likeness (QED) is 0.527. The number of aromatic hydroxyl groups is 1. The second-order valence-corrected chi connectivity index (χ2v) is 6.96. The van der Waals surface area contributed by atoms with Crippen LogP contribution in [0.5, 0.6) is 11.5 Å². The van der Waals surface area contributed by atoms with E-state index in [4.69, 9.17) is 9.84 Å². The van der Waals surface area contributed by atoms with Gasteiger partial charge in [0.15, 0.2) is 0 Å². The van der Waals surface area contributed by atoms with E-state index in [0.717, 1.165) is 27.9 Å². The summed E-state index contributed by atoms with van der Waals surface area (Å²) in [6.45, 7) is 9.68. The molecule has 3 N–H and O–H groups in total. The maximum Gasteiger partial charge on any atom is 0.148 e. The van der Waals surface area contributed by atoms with Crippen molar-refractivity contribution in [2.75, 3.05) is 0 Å². The zero-order chi connectivity index (χ0) is 22.8. The van der Waals surface area contributed by atoms with Crippen LogP contribution in [0.1, 0.15) is 46.1 Å². The molecule has 0 saturated heterocycles. The first-order valence-electron chi connectivity index (χ1n) is 10.1. The minimum atomic E-state index is -0.0731. The van der Waals surface area contributed by atoms with E-state index in [-0.39, 0.29) is 19.0 Å². The van der Waals surface area contributed by atoms with Gasteiger partial charge in [-0.25, -0.2) is 0 Å². The fourth-order valence-corrected chi connectivity index (χ4v) is 3.12. The number of hydrogen-bond donors (Lipinski definition) is 3. The normalized spacial score (nSPS) is 10.2. The van der Waals surface area contributed by atoms with E-state index >= 15 is 0 Å². The summed E-state index contributed by atoms with van der Waals surface area (Å²) in [4.78, 5) is 8.19. The van der Waals surface area contributed by atoms with Crippen LogP contribution in [0.4, 0.5) is 0 Å². The number of aromatic nitrogens is 2. The van der Waals surface area contributed by atoms with Crippen LogP contribution in [0.25, 0.3) is 6.08 Å². The maximum atomic E-state index is 9.54. The molecule has 164 valence electrons. The largest absolute Gasteiger partial charge is 0.506 e. The van der Waals surface area contributed by atoms with Crippen LogP contribution in [0, 0.1) is 13.8 Å². The topological polar surface area (TPSA) is 95.7 Å². The fraction of sp³-hybridized carbons (Fsp3) is 0.280. The molecule has 1 aromatic carbocycles. The van der Waals surface area contributed by atoms with Crippen LogP contribution in [-0.2, 0) is 26.2 Å². The highest BCUT2D eigenvalue weighted by atomic mass is 16.5. The minimum absolute atomic E-state index is 0.0655. The average molecular weight is 423 g/mol. The van der Waals surface area contributed by atoms with Crippen molar-refractivity contribution in [3.05, 3.63) is 88.5 Å². The standard InChI is InChI=1S/C16H17NO2.C9H13NO2/c1-3-15-14(10-18)9-17-12(2)16(15)19-11-13-7-5-4-6-8-13;1-3-8-7(5-11)4-10-6(2)9(8)12/h3-9,18H,1,10-11H2,2H3;4,11-12H,3,5H2,1-2H3. The van der Waals surface area contributed by atoms with Gasteiger partial charge in [-0.15, -0.1) is 0 Å². The summed E-state index contributed by atoms with van der Waals surface area (Å²) in [5.74, 6) is 0.898. The number of ether oxygens (including phenoxy) is 1. The van der Waals surface area contributed by atoms with Gasteiger partial charge in [0, 0.05) is 34.6 Å². The Balaban J connectivity index is 0.000000245. The molecule has 0 amide bonds. The Morgan fingerprint density at radius 2 is 1.58 bits per heavy atom. The lowest BCUT2D eigenvalue weighted by Crippen LogP contribution is -2.03. The number of pyridine rings is 2. The van der Waals surface area contributed by atoms with Crippen molar-refractivity contribution in [2.24, 2.45) is 0 Å². The highest BCUT2D eigenvalue weighted by Crippen LogP contribution is 2.27. The van der Waals surface area contributed by atoms with Crippen LogP contribution in [0.2, 0.25) is 0 Å². The Morgan fingerprint density at radius 3 is 2.16 bits per heavy atom. The van der Waals surface area contributed by atoms with Gasteiger partial charge in [-0.05, 0) is 25.8 Å². The van der Waals surface area contributed by atoms with E-state index < -0.39 is 0 Å². The summed E-state index contributed by atoms with van der Waals surface area (Å²) in [7, 11) is 0. The molecule has 0 aliphatic carbocycles. The van der Waals surface area contributed by atoms with Gasteiger partial charge in [0.05, 0.1) is 24.6 Å². The third-order valence-electron chi connectivity index (χ3n) is 4.89. The van der Waals surface area contributed by atoms with Crippen molar-refractivity contribution in [1.29, 1.82) is 0 Å². The van der Waals surface area contributed by atoms with Crippen molar-refractivity contribution in [3.63, 3.8) is 0 Å². The van der Waals surface area contributed by atoms with E-state index in [1.54, 1.807) is 25.4 Å². The molecule has 3 rings (SSSR count). The zero-order valence-corrected chi connectivity index (χ0v) is 18.3. The molecular weight excluding hydrogens is 392 g/mol. The summed E-state index contributed by atoms with van der Waals surface area (Å²) in [5.41, 5.74) is 5.54. The van der Waals surface area contributed by atoms with Crippen LogP contribution >= 0.6 is 0 Å². The SMILES string of the molecule is C=Cc1c(CO)cnc(C)c1OCc1ccccc1.CCc1c(CO)cnc(C)c1O. The molecule has 0 aliphatic rings. The van der Waals surface area contributed by atoms with Crippen molar-refractivity contribution >= 4 is 6.08 Å². The molecule has 0 saturated carbocycles. The number of aliphatic hydroxyl groups excluding tert-OH is 2. The average Bonchev–Trinajstić information content (AvgIpc) is 2.80. The number of benzene rings is 1. The number of aryl methyl sites for hydroxylation is 2. The predicted octanol–water partition coefficient (Wildman–Crippen LogP) is 4.25.